The number of carboxylic acid groups (broad SMARTS) is 1. The van der Waals surface area contributed by atoms with Gasteiger partial charge in [-0.2, -0.15) is 13.2 Å². The Kier molecular flexibility index (Phi) is 6.24. The van der Waals surface area contributed by atoms with Crippen LogP contribution in [0.25, 0.3) is 0 Å². The molecule has 0 bridgehead atoms. The Morgan fingerprint density at radius 3 is 2.62 bits per heavy atom. The quantitative estimate of drug-likeness (QED) is 0.829. The average molecular weight is 413 g/mol. The number of carbonyl (C=O) groups excluding carboxylic acids is 1. The van der Waals surface area contributed by atoms with Crippen molar-refractivity contribution in [2.24, 2.45) is 11.8 Å². The molecule has 0 saturated carbocycles. The molecule has 1 saturated heterocycles. The summed E-state index contributed by atoms with van der Waals surface area (Å²) in [5.41, 5.74) is 1.08. The standard InChI is InChI=1S/C16H19F3N2O3S.ClH/c1-9(14(22)20-4-2-13-10(6-20)3-5-25-13)21-7-11(15(23)24)12(8-21)16(17,18)19;/h3,5,9,11-12H,2,4,6-8H2,1H3,(H,23,24);1H/t9?,11-,12-;/m1./s1. The molecule has 3 rings (SSSR count). The third-order valence-corrected chi connectivity index (χ3v) is 6.13. The van der Waals surface area contributed by atoms with Gasteiger partial charge in [-0.15, -0.1) is 23.7 Å². The van der Waals surface area contributed by atoms with E-state index < -0.39 is 36.6 Å². The smallest absolute Gasteiger partial charge is 0.393 e. The predicted molar refractivity (Wildman–Crippen MR) is 92.4 cm³/mol. The minimum Gasteiger partial charge on any atom is -0.481 e. The molecule has 1 aromatic rings. The number of amides is 1. The lowest BCUT2D eigenvalue weighted by Crippen LogP contribution is -2.48. The van der Waals surface area contributed by atoms with Crippen LogP contribution in [-0.2, 0) is 22.6 Å². The first kappa shape index (κ1) is 21.0. The summed E-state index contributed by atoms with van der Waals surface area (Å²) in [6.45, 7) is 1.84. The maximum Gasteiger partial charge on any atom is 0.393 e. The maximum atomic E-state index is 13.1. The second-order valence-electron chi connectivity index (χ2n) is 6.60. The molecule has 1 aromatic heterocycles. The van der Waals surface area contributed by atoms with Crippen LogP contribution in [0.15, 0.2) is 11.4 Å². The zero-order valence-corrected chi connectivity index (χ0v) is 15.7. The second kappa shape index (κ2) is 7.74. The van der Waals surface area contributed by atoms with E-state index in [9.17, 15) is 22.8 Å². The Bertz CT molecular complexity index is 682. The predicted octanol–water partition coefficient (Wildman–Crippen LogP) is 2.64. The number of hydrogen-bond donors (Lipinski definition) is 1. The first-order chi connectivity index (χ1) is 11.7. The van der Waals surface area contributed by atoms with Crippen LogP contribution >= 0.6 is 23.7 Å². The van der Waals surface area contributed by atoms with Crippen molar-refractivity contribution in [3.05, 3.63) is 21.9 Å². The highest BCUT2D eigenvalue weighted by atomic mass is 35.5. The van der Waals surface area contributed by atoms with E-state index >= 15 is 0 Å². The summed E-state index contributed by atoms with van der Waals surface area (Å²) >= 11 is 1.64. The van der Waals surface area contributed by atoms with Crippen molar-refractivity contribution in [1.29, 1.82) is 0 Å². The largest absolute Gasteiger partial charge is 0.481 e. The van der Waals surface area contributed by atoms with E-state index in [2.05, 4.69) is 0 Å². The van der Waals surface area contributed by atoms with Gasteiger partial charge in [0.15, 0.2) is 0 Å². The summed E-state index contributed by atoms with van der Waals surface area (Å²) in [6, 6.07) is 1.19. The number of nitrogens with zero attached hydrogens (tertiary/aromatic N) is 2. The molecule has 146 valence electrons. The van der Waals surface area contributed by atoms with E-state index in [1.165, 1.54) is 9.78 Å². The molecule has 2 aliphatic rings. The number of thiophene rings is 1. The molecule has 3 atom stereocenters. The molecule has 5 nitrogen and oxygen atoms in total. The Morgan fingerprint density at radius 2 is 2.04 bits per heavy atom. The van der Waals surface area contributed by atoms with Crippen molar-refractivity contribution in [2.75, 3.05) is 19.6 Å². The highest BCUT2D eigenvalue weighted by Gasteiger charge is 2.53. The van der Waals surface area contributed by atoms with Crippen LogP contribution in [0.3, 0.4) is 0 Å². The highest BCUT2D eigenvalue weighted by molar-refractivity contribution is 7.10. The second-order valence-corrected chi connectivity index (χ2v) is 7.60. The number of fused-ring (bicyclic) bond motifs is 1. The van der Waals surface area contributed by atoms with Gasteiger partial charge < -0.3 is 10.0 Å². The third kappa shape index (κ3) is 3.99. The van der Waals surface area contributed by atoms with Crippen molar-refractivity contribution >= 4 is 35.6 Å². The van der Waals surface area contributed by atoms with E-state index in [1.807, 2.05) is 11.4 Å². The van der Waals surface area contributed by atoms with Crippen LogP contribution in [-0.4, -0.2) is 58.6 Å². The van der Waals surface area contributed by atoms with Gasteiger partial charge in [-0.25, -0.2) is 0 Å². The van der Waals surface area contributed by atoms with Gasteiger partial charge in [-0.1, -0.05) is 0 Å². The minimum atomic E-state index is -4.59. The number of aliphatic carboxylic acids is 1. The van der Waals surface area contributed by atoms with E-state index in [-0.39, 0.29) is 24.9 Å². The van der Waals surface area contributed by atoms with Gasteiger partial charge in [0.2, 0.25) is 5.91 Å². The molecule has 1 fully saturated rings. The van der Waals surface area contributed by atoms with Crippen LogP contribution < -0.4 is 0 Å². The first-order valence-corrected chi connectivity index (χ1v) is 8.94. The molecule has 0 spiro atoms. The van der Waals surface area contributed by atoms with Crippen molar-refractivity contribution in [1.82, 2.24) is 9.80 Å². The molecule has 0 radical (unpaired) electrons. The number of halogens is 4. The highest BCUT2D eigenvalue weighted by Crippen LogP contribution is 2.38. The van der Waals surface area contributed by atoms with Gasteiger partial charge in [0.25, 0.3) is 0 Å². The summed E-state index contributed by atoms with van der Waals surface area (Å²) in [4.78, 5) is 28.1. The van der Waals surface area contributed by atoms with Crippen molar-refractivity contribution < 1.29 is 27.9 Å². The Morgan fingerprint density at radius 1 is 1.35 bits per heavy atom. The van der Waals surface area contributed by atoms with E-state index in [0.717, 1.165) is 12.0 Å². The lowest BCUT2D eigenvalue weighted by atomic mass is 9.96. The van der Waals surface area contributed by atoms with Crippen molar-refractivity contribution in [3.8, 4) is 0 Å². The normalized spacial score (nSPS) is 24.7. The number of alkyl halides is 3. The van der Waals surface area contributed by atoms with Crippen molar-refractivity contribution in [3.63, 3.8) is 0 Å². The van der Waals surface area contributed by atoms with E-state index in [4.69, 9.17) is 5.11 Å². The summed E-state index contributed by atoms with van der Waals surface area (Å²) in [5.74, 6) is -5.18. The third-order valence-electron chi connectivity index (χ3n) is 5.11. The summed E-state index contributed by atoms with van der Waals surface area (Å²) in [5, 5.41) is 11.1. The fourth-order valence-corrected chi connectivity index (χ4v) is 4.48. The Balaban J connectivity index is 0.00000243. The zero-order valence-electron chi connectivity index (χ0n) is 14.0. The van der Waals surface area contributed by atoms with Gasteiger partial charge >= 0.3 is 12.1 Å². The number of hydrogen-bond acceptors (Lipinski definition) is 4. The SMILES string of the molecule is CC(C(=O)N1CCc2sccc2C1)N1C[C@@H](C(F)(F)F)[C@H](C(=O)O)C1.Cl. The Hall–Kier alpha value is -1.32. The van der Waals surface area contributed by atoms with Crippen LogP contribution in [0.1, 0.15) is 17.4 Å². The van der Waals surface area contributed by atoms with Gasteiger partial charge in [-0.3, -0.25) is 14.5 Å². The van der Waals surface area contributed by atoms with Crippen LogP contribution in [0.5, 0.6) is 0 Å². The van der Waals surface area contributed by atoms with E-state index in [1.54, 1.807) is 23.2 Å². The molecule has 1 amide bonds. The molecular weight excluding hydrogens is 393 g/mol. The van der Waals surface area contributed by atoms with Gasteiger partial charge in [0.1, 0.15) is 0 Å². The molecule has 1 N–H and O–H groups in total. The molecular formula is C16H20ClF3N2O3S. The zero-order chi connectivity index (χ0) is 18.4. The Labute approximate surface area is 159 Å². The summed E-state index contributed by atoms with van der Waals surface area (Å²) in [6.07, 6.45) is -3.84. The fraction of sp³-hybridized carbons (Fsp3) is 0.625. The molecule has 26 heavy (non-hydrogen) atoms. The van der Waals surface area contributed by atoms with Gasteiger partial charge in [0.05, 0.1) is 17.9 Å². The fourth-order valence-electron chi connectivity index (χ4n) is 3.59. The number of rotatable bonds is 3. The number of carbonyl (C=O) groups is 2. The van der Waals surface area contributed by atoms with Crippen LogP contribution in [0, 0.1) is 11.8 Å². The first-order valence-electron chi connectivity index (χ1n) is 8.06. The summed E-state index contributed by atoms with van der Waals surface area (Å²) < 4.78 is 39.3. The maximum absolute atomic E-state index is 13.1. The molecule has 2 aliphatic heterocycles. The van der Waals surface area contributed by atoms with Crippen LogP contribution in [0.2, 0.25) is 0 Å². The average Bonchev–Trinajstić information content (AvgIpc) is 3.18. The minimum absolute atomic E-state index is 0. The van der Waals surface area contributed by atoms with Crippen molar-refractivity contribution in [2.45, 2.75) is 32.1 Å². The lowest BCUT2D eigenvalue weighted by molar-refractivity contribution is -0.188. The molecule has 1 unspecified atom stereocenters. The molecule has 10 heteroatoms. The lowest BCUT2D eigenvalue weighted by Gasteiger charge is -2.32. The summed E-state index contributed by atoms with van der Waals surface area (Å²) in [7, 11) is 0. The molecule has 3 heterocycles. The van der Waals surface area contributed by atoms with Gasteiger partial charge in [0, 0.05) is 31.1 Å². The van der Waals surface area contributed by atoms with Crippen LogP contribution in [0.4, 0.5) is 13.2 Å². The van der Waals surface area contributed by atoms with Gasteiger partial charge in [-0.05, 0) is 30.4 Å². The molecule has 0 aliphatic carbocycles. The molecule has 0 aromatic carbocycles. The topological polar surface area (TPSA) is 60.9 Å². The number of carboxylic acids is 1. The van der Waals surface area contributed by atoms with E-state index in [0.29, 0.717) is 13.1 Å². The number of likely N-dealkylation sites (tertiary alicyclic amines) is 1. The monoisotopic (exact) mass is 412 g/mol.